The highest BCUT2D eigenvalue weighted by Gasteiger charge is 2.30. The topological polar surface area (TPSA) is 26.0 Å². The fraction of sp³-hybridized carbons (Fsp3) is 0.200. The molecule has 0 spiro atoms. The fourth-order valence-electron chi connectivity index (χ4n) is 1.99. The third kappa shape index (κ3) is 3.95. The Balaban J connectivity index is 2.19. The Labute approximate surface area is 124 Å². The van der Waals surface area contributed by atoms with Gasteiger partial charge in [0.25, 0.3) is 0 Å². The molecule has 0 saturated heterocycles. The number of rotatable bonds is 3. The van der Waals surface area contributed by atoms with Gasteiger partial charge in [0.15, 0.2) is 0 Å². The van der Waals surface area contributed by atoms with Crippen LogP contribution in [0.3, 0.4) is 0 Å². The largest absolute Gasteiger partial charge is 0.416 e. The van der Waals surface area contributed by atoms with Crippen LogP contribution >= 0.6 is 11.6 Å². The van der Waals surface area contributed by atoms with E-state index in [2.05, 4.69) is 0 Å². The number of halogens is 5. The van der Waals surface area contributed by atoms with Crippen LogP contribution in [0.1, 0.15) is 22.7 Å². The number of hydrogen-bond acceptors (Lipinski definition) is 1. The zero-order valence-corrected chi connectivity index (χ0v) is 11.5. The highest BCUT2D eigenvalue weighted by atomic mass is 35.5. The van der Waals surface area contributed by atoms with Crippen molar-refractivity contribution < 1.29 is 17.6 Å². The molecule has 0 aliphatic rings. The molecule has 112 valence electrons. The minimum Gasteiger partial charge on any atom is -0.324 e. The lowest BCUT2D eigenvalue weighted by Gasteiger charge is -2.14. The van der Waals surface area contributed by atoms with Crippen LogP contribution in [0.5, 0.6) is 0 Å². The SMILES string of the molecule is NC(Cc1cccc(C(F)(F)F)c1)c1ccc(F)c(Cl)c1. The molecule has 0 radical (unpaired) electrons. The van der Waals surface area contributed by atoms with Crippen molar-refractivity contribution in [3.8, 4) is 0 Å². The Kier molecular flexibility index (Phi) is 4.54. The fourth-order valence-corrected chi connectivity index (χ4v) is 2.18. The van der Waals surface area contributed by atoms with Crippen molar-refractivity contribution in [2.24, 2.45) is 5.73 Å². The molecule has 0 heterocycles. The molecular formula is C15H12ClF4N. The first kappa shape index (κ1) is 15.8. The summed E-state index contributed by atoms with van der Waals surface area (Å²) in [6.07, 6.45) is -4.19. The minimum absolute atomic E-state index is 0.0630. The van der Waals surface area contributed by atoms with Crippen LogP contribution in [0.4, 0.5) is 17.6 Å². The molecule has 0 saturated carbocycles. The van der Waals surface area contributed by atoms with Crippen molar-refractivity contribution in [1.29, 1.82) is 0 Å². The monoisotopic (exact) mass is 317 g/mol. The van der Waals surface area contributed by atoms with Crippen LogP contribution in [0.15, 0.2) is 42.5 Å². The maximum Gasteiger partial charge on any atom is 0.416 e. The van der Waals surface area contributed by atoms with Crippen molar-refractivity contribution in [2.45, 2.75) is 18.6 Å². The van der Waals surface area contributed by atoms with E-state index in [1.807, 2.05) is 0 Å². The molecule has 0 bridgehead atoms. The molecule has 1 nitrogen and oxygen atoms in total. The zero-order chi connectivity index (χ0) is 15.6. The van der Waals surface area contributed by atoms with E-state index in [0.29, 0.717) is 11.1 Å². The van der Waals surface area contributed by atoms with E-state index in [9.17, 15) is 17.6 Å². The zero-order valence-electron chi connectivity index (χ0n) is 10.8. The summed E-state index contributed by atoms with van der Waals surface area (Å²) < 4.78 is 51.0. The predicted molar refractivity (Wildman–Crippen MR) is 73.5 cm³/mol. The molecule has 0 fully saturated rings. The molecule has 0 aromatic heterocycles. The van der Waals surface area contributed by atoms with E-state index >= 15 is 0 Å². The molecule has 2 rings (SSSR count). The molecule has 21 heavy (non-hydrogen) atoms. The predicted octanol–water partition coefficient (Wildman–Crippen LogP) is 4.74. The van der Waals surface area contributed by atoms with Gasteiger partial charge >= 0.3 is 6.18 Å². The molecule has 0 aliphatic heterocycles. The van der Waals surface area contributed by atoms with Crippen molar-refractivity contribution >= 4 is 11.6 Å². The Morgan fingerprint density at radius 1 is 1.10 bits per heavy atom. The summed E-state index contributed by atoms with van der Waals surface area (Å²) in [5.74, 6) is -0.563. The summed E-state index contributed by atoms with van der Waals surface area (Å²) in [5.41, 5.74) is 6.25. The van der Waals surface area contributed by atoms with E-state index in [0.717, 1.165) is 12.1 Å². The Bertz CT molecular complexity index is 640. The lowest BCUT2D eigenvalue weighted by molar-refractivity contribution is -0.137. The van der Waals surface area contributed by atoms with Crippen molar-refractivity contribution in [1.82, 2.24) is 0 Å². The number of alkyl halides is 3. The van der Waals surface area contributed by atoms with Crippen molar-refractivity contribution in [3.05, 3.63) is 70.0 Å². The van der Waals surface area contributed by atoms with Crippen LogP contribution in [-0.2, 0) is 12.6 Å². The average molecular weight is 318 g/mol. The second-order valence-electron chi connectivity index (χ2n) is 4.68. The summed E-state index contributed by atoms with van der Waals surface area (Å²) in [6, 6.07) is 8.45. The Morgan fingerprint density at radius 2 is 1.81 bits per heavy atom. The van der Waals surface area contributed by atoms with E-state index in [-0.39, 0.29) is 11.4 Å². The lowest BCUT2D eigenvalue weighted by atomic mass is 9.98. The van der Waals surface area contributed by atoms with Crippen LogP contribution in [0.25, 0.3) is 0 Å². The van der Waals surface area contributed by atoms with Gasteiger partial charge in [0.1, 0.15) is 5.82 Å². The molecule has 0 amide bonds. The Morgan fingerprint density at radius 3 is 2.43 bits per heavy atom. The van der Waals surface area contributed by atoms with Gasteiger partial charge in [0, 0.05) is 6.04 Å². The van der Waals surface area contributed by atoms with Crippen LogP contribution in [0.2, 0.25) is 5.02 Å². The summed E-state index contributed by atoms with van der Waals surface area (Å²) in [5, 5.41) is -0.0630. The van der Waals surface area contributed by atoms with E-state index in [1.165, 1.54) is 24.3 Å². The van der Waals surface area contributed by atoms with Crippen molar-refractivity contribution in [2.75, 3.05) is 0 Å². The van der Waals surface area contributed by atoms with Gasteiger partial charge in [-0.2, -0.15) is 13.2 Å². The molecule has 2 aromatic carbocycles. The normalized spacial score (nSPS) is 13.2. The smallest absolute Gasteiger partial charge is 0.324 e. The van der Waals surface area contributed by atoms with Gasteiger partial charge in [0.2, 0.25) is 0 Å². The molecule has 1 atom stereocenters. The lowest BCUT2D eigenvalue weighted by Crippen LogP contribution is -2.14. The molecule has 2 aromatic rings. The van der Waals surface area contributed by atoms with Crippen LogP contribution in [-0.4, -0.2) is 0 Å². The number of nitrogens with two attached hydrogens (primary N) is 1. The molecule has 2 N–H and O–H groups in total. The number of benzene rings is 2. The first-order valence-corrected chi connectivity index (χ1v) is 6.52. The number of hydrogen-bond donors (Lipinski definition) is 1. The highest BCUT2D eigenvalue weighted by molar-refractivity contribution is 6.30. The minimum atomic E-state index is -4.39. The van der Waals surface area contributed by atoms with E-state index in [4.69, 9.17) is 17.3 Å². The van der Waals surface area contributed by atoms with Gasteiger partial charge in [-0.3, -0.25) is 0 Å². The second-order valence-corrected chi connectivity index (χ2v) is 5.09. The van der Waals surface area contributed by atoms with Gasteiger partial charge in [-0.15, -0.1) is 0 Å². The van der Waals surface area contributed by atoms with E-state index in [1.54, 1.807) is 6.07 Å². The average Bonchev–Trinajstić information content (AvgIpc) is 2.41. The van der Waals surface area contributed by atoms with E-state index < -0.39 is 23.6 Å². The molecule has 6 heteroatoms. The third-order valence-electron chi connectivity index (χ3n) is 3.08. The molecule has 0 aliphatic carbocycles. The maximum atomic E-state index is 13.1. The first-order valence-electron chi connectivity index (χ1n) is 6.14. The van der Waals surface area contributed by atoms with Crippen molar-refractivity contribution in [3.63, 3.8) is 0 Å². The summed E-state index contributed by atoms with van der Waals surface area (Å²) in [7, 11) is 0. The van der Waals surface area contributed by atoms with Gasteiger partial charge in [0.05, 0.1) is 10.6 Å². The Hall–Kier alpha value is -1.59. The summed E-state index contributed by atoms with van der Waals surface area (Å²) in [6.45, 7) is 0. The summed E-state index contributed by atoms with van der Waals surface area (Å²) >= 11 is 5.67. The standard InChI is InChI=1S/C15H12ClF4N/c16-12-8-10(4-5-13(12)17)14(21)7-9-2-1-3-11(6-9)15(18,19)20/h1-6,8,14H,7,21H2. The second kappa shape index (κ2) is 6.03. The van der Waals surface area contributed by atoms with Gasteiger partial charge < -0.3 is 5.73 Å². The van der Waals surface area contributed by atoms with Crippen LogP contribution in [0, 0.1) is 5.82 Å². The quantitative estimate of drug-likeness (QED) is 0.813. The highest BCUT2D eigenvalue weighted by Crippen LogP contribution is 2.30. The third-order valence-corrected chi connectivity index (χ3v) is 3.37. The first-order chi connectivity index (χ1) is 9.77. The maximum absolute atomic E-state index is 13.1. The molecular weight excluding hydrogens is 306 g/mol. The van der Waals surface area contributed by atoms with Gasteiger partial charge in [-0.05, 0) is 35.7 Å². The molecule has 1 unspecified atom stereocenters. The summed E-state index contributed by atoms with van der Waals surface area (Å²) in [4.78, 5) is 0. The van der Waals surface area contributed by atoms with Crippen LogP contribution < -0.4 is 5.73 Å². The van der Waals surface area contributed by atoms with Gasteiger partial charge in [-0.25, -0.2) is 4.39 Å². The van der Waals surface area contributed by atoms with Gasteiger partial charge in [-0.1, -0.05) is 35.9 Å².